The highest BCUT2D eigenvalue weighted by Crippen LogP contribution is 2.09. The van der Waals surface area contributed by atoms with E-state index in [4.69, 9.17) is 0 Å². The largest absolute Gasteiger partial charge is 0.307 e. The lowest BCUT2D eigenvalue weighted by atomic mass is 9.97. The van der Waals surface area contributed by atoms with Crippen LogP contribution in [-0.2, 0) is 0 Å². The first-order chi connectivity index (χ1) is 3.56. The van der Waals surface area contributed by atoms with Gasteiger partial charge in [-0.2, -0.15) is 0 Å². The first-order valence-corrected chi connectivity index (χ1v) is 3.95. The van der Waals surface area contributed by atoms with E-state index in [-0.39, 0.29) is 0 Å². The molecule has 0 aliphatic carbocycles. The minimum absolute atomic E-state index is 0.410. The molecular weight excluding hydrogens is 166 g/mol. The third kappa shape index (κ3) is 6.44. The van der Waals surface area contributed by atoms with Crippen molar-refractivity contribution in [1.82, 2.24) is 5.32 Å². The van der Waals surface area contributed by atoms with E-state index in [2.05, 4.69) is 42.0 Å². The van der Waals surface area contributed by atoms with E-state index >= 15 is 0 Å². The van der Waals surface area contributed by atoms with Crippen LogP contribution in [0.4, 0.5) is 0 Å². The monoisotopic (exact) mass is 179 g/mol. The molecule has 8 heavy (non-hydrogen) atoms. The molecule has 0 aromatic carbocycles. The lowest BCUT2D eigenvalue weighted by Gasteiger charge is -2.17. The molecule has 0 radical (unpaired) electrons. The Morgan fingerprint density at radius 3 is 2.00 bits per heavy atom. The van der Waals surface area contributed by atoms with E-state index < -0.39 is 0 Å². The van der Waals surface area contributed by atoms with Crippen molar-refractivity contribution in [2.75, 3.05) is 12.0 Å². The second-order valence-electron chi connectivity index (χ2n) is 3.12. The molecule has 50 valence electrons. The molecule has 0 spiro atoms. The van der Waals surface area contributed by atoms with Crippen LogP contribution in [0, 0.1) is 5.41 Å². The summed E-state index contributed by atoms with van der Waals surface area (Å²) in [6, 6.07) is 0. The third-order valence-corrected chi connectivity index (χ3v) is 1.15. The molecule has 0 bridgehead atoms. The van der Waals surface area contributed by atoms with Crippen LogP contribution in [0.15, 0.2) is 0 Å². The zero-order chi connectivity index (χ0) is 6.62. The van der Waals surface area contributed by atoms with Crippen molar-refractivity contribution < 1.29 is 0 Å². The number of rotatable bonds is 2. The van der Waals surface area contributed by atoms with Crippen molar-refractivity contribution in [1.29, 1.82) is 0 Å². The van der Waals surface area contributed by atoms with Crippen LogP contribution < -0.4 is 5.32 Å². The Hall–Kier alpha value is 0.440. The zero-order valence-corrected chi connectivity index (χ0v) is 7.38. The Balaban J connectivity index is 3.11. The van der Waals surface area contributed by atoms with Gasteiger partial charge in [0.05, 0.1) is 5.45 Å². The average Bonchev–Trinajstić information content (AvgIpc) is 1.59. The molecule has 0 saturated carbocycles. The normalized spacial score (nSPS) is 12.0. The van der Waals surface area contributed by atoms with Crippen molar-refractivity contribution in [2.45, 2.75) is 20.8 Å². The molecule has 0 aliphatic rings. The smallest absolute Gasteiger partial charge is 0.0517 e. The molecule has 2 heteroatoms. The maximum Gasteiger partial charge on any atom is 0.0517 e. The predicted octanol–water partition coefficient (Wildman–Crippen LogP) is 1.97. The second kappa shape index (κ2) is 3.46. The van der Waals surface area contributed by atoms with Crippen LogP contribution in [-0.4, -0.2) is 12.0 Å². The second-order valence-corrected chi connectivity index (χ2v) is 3.68. The van der Waals surface area contributed by atoms with Gasteiger partial charge in [-0.25, -0.2) is 0 Å². The summed E-state index contributed by atoms with van der Waals surface area (Å²) in [7, 11) is 0. The highest BCUT2D eigenvalue weighted by atomic mass is 79.9. The summed E-state index contributed by atoms with van der Waals surface area (Å²) in [5, 5.41) is 3.20. The molecule has 0 aromatic heterocycles. The first-order valence-electron chi connectivity index (χ1n) is 2.83. The molecule has 0 unspecified atom stereocenters. The van der Waals surface area contributed by atoms with E-state index in [1.165, 1.54) is 0 Å². The van der Waals surface area contributed by atoms with Crippen LogP contribution in [0.3, 0.4) is 0 Å². The molecule has 0 atom stereocenters. The fourth-order valence-corrected chi connectivity index (χ4v) is 0.620. The van der Waals surface area contributed by atoms with E-state index in [0.717, 1.165) is 12.0 Å². The van der Waals surface area contributed by atoms with Gasteiger partial charge in [0.25, 0.3) is 0 Å². The van der Waals surface area contributed by atoms with Gasteiger partial charge in [-0.05, 0) is 5.41 Å². The molecular formula is C6H14BrN. The lowest BCUT2D eigenvalue weighted by Crippen LogP contribution is -2.25. The van der Waals surface area contributed by atoms with E-state index in [0.29, 0.717) is 5.41 Å². The number of hydrogen-bond acceptors (Lipinski definition) is 1. The number of alkyl halides is 1. The van der Waals surface area contributed by atoms with Gasteiger partial charge in [-0.1, -0.05) is 36.7 Å². The Labute approximate surface area is 60.0 Å². The van der Waals surface area contributed by atoms with Crippen molar-refractivity contribution >= 4 is 15.9 Å². The van der Waals surface area contributed by atoms with Gasteiger partial charge in [0, 0.05) is 6.54 Å². The molecule has 0 aromatic rings. The van der Waals surface area contributed by atoms with Crippen LogP contribution >= 0.6 is 15.9 Å². The fourth-order valence-electron chi connectivity index (χ4n) is 0.422. The molecule has 0 saturated heterocycles. The van der Waals surface area contributed by atoms with Crippen molar-refractivity contribution in [2.24, 2.45) is 5.41 Å². The van der Waals surface area contributed by atoms with Gasteiger partial charge in [-0.3, -0.25) is 0 Å². The highest BCUT2D eigenvalue weighted by molar-refractivity contribution is 9.09. The lowest BCUT2D eigenvalue weighted by molar-refractivity contribution is 0.393. The predicted molar refractivity (Wildman–Crippen MR) is 41.3 cm³/mol. The van der Waals surface area contributed by atoms with Crippen LogP contribution in [0.25, 0.3) is 0 Å². The molecule has 0 amide bonds. The maximum atomic E-state index is 3.29. The molecule has 0 fully saturated rings. The van der Waals surface area contributed by atoms with E-state index in [1.54, 1.807) is 0 Å². The Morgan fingerprint density at radius 2 is 1.88 bits per heavy atom. The number of hydrogen-bond donors (Lipinski definition) is 1. The Bertz CT molecular complexity index is 56.0. The summed E-state index contributed by atoms with van der Waals surface area (Å²) < 4.78 is 0. The van der Waals surface area contributed by atoms with Crippen molar-refractivity contribution in [3.05, 3.63) is 0 Å². The Morgan fingerprint density at radius 1 is 1.38 bits per heavy atom. The quantitative estimate of drug-likeness (QED) is 0.506. The Kier molecular flexibility index (Phi) is 3.65. The summed E-state index contributed by atoms with van der Waals surface area (Å²) in [6.07, 6.45) is 0. The van der Waals surface area contributed by atoms with Crippen LogP contribution in [0.1, 0.15) is 20.8 Å². The first kappa shape index (κ1) is 8.44. The van der Waals surface area contributed by atoms with Crippen molar-refractivity contribution in [3.63, 3.8) is 0 Å². The summed E-state index contributed by atoms with van der Waals surface area (Å²) in [5.74, 6) is 0. The van der Waals surface area contributed by atoms with Crippen LogP contribution in [0.2, 0.25) is 0 Å². The highest BCUT2D eigenvalue weighted by Gasteiger charge is 2.07. The van der Waals surface area contributed by atoms with Gasteiger partial charge in [0.2, 0.25) is 0 Å². The van der Waals surface area contributed by atoms with Gasteiger partial charge in [0.15, 0.2) is 0 Å². The number of nitrogens with one attached hydrogen (secondary N) is 1. The SMILES string of the molecule is CC(C)(C)CNCBr. The molecule has 0 rings (SSSR count). The summed E-state index contributed by atoms with van der Waals surface area (Å²) >= 11 is 3.29. The van der Waals surface area contributed by atoms with Gasteiger partial charge in [0.1, 0.15) is 0 Å². The topological polar surface area (TPSA) is 12.0 Å². The third-order valence-electron chi connectivity index (χ3n) is 0.750. The summed E-state index contributed by atoms with van der Waals surface area (Å²) in [4.78, 5) is 0. The zero-order valence-electron chi connectivity index (χ0n) is 5.79. The standard InChI is InChI=1S/C6H14BrN/c1-6(2,3)4-8-5-7/h8H,4-5H2,1-3H3. The maximum absolute atomic E-state index is 3.29. The summed E-state index contributed by atoms with van der Waals surface area (Å²) in [5.41, 5.74) is 1.30. The summed E-state index contributed by atoms with van der Waals surface area (Å²) in [6.45, 7) is 7.70. The molecule has 0 aliphatic heterocycles. The van der Waals surface area contributed by atoms with Gasteiger partial charge < -0.3 is 5.32 Å². The van der Waals surface area contributed by atoms with E-state index in [9.17, 15) is 0 Å². The van der Waals surface area contributed by atoms with Crippen molar-refractivity contribution in [3.8, 4) is 0 Å². The van der Waals surface area contributed by atoms with Gasteiger partial charge >= 0.3 is 0 Å². The molecule has 1 N–H and O–H groups in total. The van der Waals surface area contributed by atoms with E-state index in [1.807, 2.05) is 0 Å². The minimum Gasteiger partial charge on any atom is -0.307 e. The minimum atomic E-state index is 0.410. The van der Waals surface area contributed by atoms with Crippen LogP contribution in [0.5, 0.6) is 0 Å². The number of halogens is 1. The molecule has 1 nitrogen and oxygen atoms in total. The average molecular weight is 180 g/mol. The molecule has 0 heterocycles. The van der Waals surface area contributed by atoms with Gasteiger partial charge in [-0.15, -0.1) is 0 Å². The fraction of sp³-hybridized carbons (Fsp3) is 1.00.